The fourth-order valence-corrected chi connectivity index (χ4v) is 3.81. The van der Waals surface area contributed by atoms with E-state index in [4.69, 9.17) is 27.9 Å². The molecule has 2 aromatic carbocycles. The van der Waals surface area contributed by atoms with Gasteiger partial charge in [-0.1, -0.05) is 23.2 Å². The minimum atomic E-state index is -5.53. The fourth-order valence-electron chi connectivity index (χ4n) is 2.49. The molecular formula is C17H10Cl2F3N3O6S. The van der Waals surface area contributed by atoms with Gasteiger partial charge in [0.25, 0.3) is 9.84 Å². The first kappa shape index (κ1) is 23.6. The number of H-pyrrole nitrogens is 1. The van der Waals surface area contributed by atoms with Gasteiger partial charge in [-0.25, -0.2) is 31.9 Å². The third-order valence-electron chi connectivity index (χ3n) is 4.10. The van der Waals surface area contributed by atoms with Crippen molar-refractivity contribution in [2.45, 2.75) is 10.4 Å². The minimum Gasteiger partial charge on any atom is -0.454 e. The van der Waals surface area contributed by atoms with Gasteiger partial charge in [-0.2, -0.15) is 13.2 Å². The lowest BCUT2D eigenvalue weighted by Crippen LogP contribution is -2.47. The second kappa shape index (κ2) is 8.15. The lowest BCUT2D eigenvalue weighted by atomic mass is 10.3. The van der Waals surface area contributed by atoms with Gasteiger partial charge in [0.05, 0.1) is 20.6 Å². The van der Waals surface area contributed by atoms with Gasteiger partial charge in [-0.05, 0) is 36.4 Å². The highest BCUT2D eigenvalue weighted by Gasteiger charge is 2.46. The third kappa shape index (κ3) is 4.18. The Hall–Kier alpha value is -3.03. The van der Waals surface area contributed by atoms with Crippen molar-refractivity contribution >= 4 is 33.0 Å². The second-order valence-corrected chi connectivity index (χ2v) is 8.93. The Morgan fingerprint density at radius 1 is 0.969 bits per heavy atom. The van der Waals surface area contributed by atoms with E-state index in [0.29, 0.717) is 21.3 Å². The van der Waals surface area contributed by atoms with E-state index in [1.807, 2.05) is 4.98 Å². The molecule has 170 valence electrons. The normalized spacial score (nSPS) is 12.1. The van der Waals surface area contributed by atoms with Crippen LogP contribution in [-0.2, 0) is 16.9 Å². The quantitative estimate of drug-likeness (QED) is 0.574. The number of hydrogen-bond acceptors (Lipinski definition) is 6. The number of aromatic amines is 1. The number of halogens is 5. The van der Waals surface area contributed by atoms with Crippen LogP contribution in [0.2, 0.25) is 10.0 Å². The maximum atomic E-state index is 12.6. The highest BCUT2D eigenvalue weighted by Crippen LogP contribution is 2.38. The van der Waals surface area contributed by atoms with E-state index in [-0.39, 0.29) is 27.2 Å². The summed E-state index contributed by atoms with van der Waals surface area (Å²) in [6, 6.07) is 5.57. The number of rotatable bonds is 4. The summed E-state index contributed by atoms with van der Waals surface area (Å²) in [4.78, 5) is 36.7. The average Bonchev–Trinajstić information content (AvgIpc) is 2.68. The first-order chi connectivity index (χ1) is 14.7. The maximum Gasteiger partial charge on any atom is 0.501 e. The predicted molar refractivity (Wildman–Crippen MR) is 108 cm³/mol. The second-order valence-electron chi connectivity index (χ2n) is 6.17. The van der Waals surface area contributed by atoms with E-state index < -0.39 is 37.3 Å². The number of nitrogens with zero attached hydrogens (tertiary/aromatic N) is 2. The molecule has 0 saturated carbocycles. The summed E-state index contributed by atoms with van der Waals surface area (Å²) in [6.45, 7) is 0. The largest absolute Gasteiger partial charge is 0.501 e. The summed E-state index contributed by atoms with van der Waals surface area (Å²) in [7, 11) is -4.39. The molecule has 1 aromatic heterocycles. The number of benzene rings is 2. The molecule has 0 atom stereocenters. The molecule has 1 heterocycles. The Balaban J connectivity index is 1.99. The molecule has 9 nitrogen and oxygen atoms in total. The van der Waals surface area contributed by atoms with Gasteiger partial charge in [-0.3, -0.25) is 4.98 Å². The zero-order chi connectivity index (χ0) is 24.0. The Morgan fingerprint density at radius 2 is 1.50 bits per heavy atom. The van der Waals surface area contributed by atoms with Gasteiger partial charge in [0.2, 0.25) is 0 Å². The highest BCUT2D eigenvalue weighted by molar-refractivity contribution is 7.92. The molecule has 32 heavy (non-hydrogen) atoms. The van der Waals surface area contributed by atoms with Crippen molar-refractivity contribution in [3.05, 3.63) is 77.9 Å². The van der Waals surface area contributed by atoms with Crippen LogP contribution in [0.15, 0.2) is 55.7 Å². The van der Waals surface area contributed by atoms with Gasteiger partial charge < -0.3 is 4.74 Å². The number of nitrogens with one attached hydrogen (secondary N) is 1. The molecule has 0 unspecified atom stereocenters. The lowest BCUT2D eigenvalue weighted by molar-refractivity contribution is -0.0436. The molecule has 0 fully saturated rings. The van der Waals surface area contributed by atoms with Gasteiger partial charge >= 0.3 is 22.6 Å². The van der Waals surface area contributed by atoms with E-state index in [9.17, 15) is 36.0 Å². The molecule has 15 heteroatoms. The van der Waals surface area contributed by atoms with Crippen molar-refractivity contribution in [1.82, 2.24) is 14.1 Å². The molecule has 0 spiro atoms. The maximum absolute atomic E-state index is 12.6. The third-order valence-corrected chi connectivity index (χ3v) is 6.16. The SMILES string of the molecule is Cn1c(=O)[nH]c(=O)n(-c2cc(Cl)c(Oc3ccc(S(=O)(=O)C(F)(F)F)cc3)c(Cl)c2)c1=O. The molecule has 1 N–H and O–H groups in total. The van der Waals surface area contributed by atoms with Crippen LogP contribution in [0.3, 0.4) is 0 Å². The van der Waals surface area contributed by atoms with Crippen molar-refractivity contribution in [2.24, 2.45) is 7.05 Å². The zero-order valence-corrected chi connectivity index (χ0v) is 17.9. The van der Waals surface area contributed by atoms with Crippen molar-refractivity contribution in [3.63, 3.8) is 0 Å². The highest BCUT2D eigenvalue weighted by atomic mass is 35.5. The van der Waals surface area contributed by atoms with Crippen molar-refractivity contribution in [1.29, 1.82) is 0 Å². The number of hydrogen-bond donors (Lipinski definition) is 1. The Bertz CT molecular complexity index is 1470. The summed E-state index contributed by atoms with van der Waals surface area (Å²) in [5.74, 6) is -0.280. The van der Waals surface area contributed by atoms with Crippen LogP contribution in [-0.4, -0.2) is 28.0 Å². The molecule has 0 bridgehead atoms. The molecule has 0 saturated heterocycles. The monoisotopic (exact) mass is 511 g/mol. The van der Waals surface area contributed by atoms with Crippen LogP contribution >= 0.6 is 23.2 Å². The van der Waals surface area contributed by atoms with Gasteiger partial charge in [0.1, 0.15) is 5.75 Å². The van der Waals surface area contributed by atoms with Crippen LogP contribution < -0.4 is 21.8 Å². The number of ether oxygens (including phenoxy) is 1. The van der Waals surface area contributed by atoms with E-state index in [1.54, 1.807) is 0 Å². The molecule has 3 aromatic rings. The van der Waals surface area contributed by atoms with Crippen LogP contribution in [0.5, 0.6) is 11.5 Å². The Labute approximate surface area is 186 Å². The van der Waals surface area contributed by atoms with Gasteiger partial charge in [0, 0.05) is 7.05 Å². The van der Waals surface area contributed by atoms with E-state index in [1.165, 1.54) is 0 Å². The first-order valence-corrected chi connectivity index (χ1v) is 10.5. The standard InChI is InChI=1S/C17H10Cl2F3N3O6S/c1-24-14(26)23-15(27)25(16(24)28)8-6-11(18)13(12(19)7-8)31-9-2-4-10(5-3-9)32(29,30)17(20,21)22/h2-7H,1H3,(H,23,26,27). The number of sulfone groups is 1. The Morgan fingerprint density at radius 3 is 2.00 bits per heavy atom. The summed E-state index contributed by atoms with van der Waals surface area (Å²) in [6.07, 6.45) is 0. The van der Waals surface area contributed by atoms with E-state index >= 15 is 0 Å². The predicted octanol–water partition coefficient (Wildman–Crippen LogP) is 2.62. The van der Waals surface area contributed by atoms with Crippen LogP contribution in [0, 0.1) is 0 Å². The molecule has 3 rings (SSSR count). The average molecular weight is 512 g/mol. The van der Waals surface area contributed by atoms with Crippen molar-refractivity contribution < 1.29 is 26.3 Å². The lowest BCUT2D eigenvalue weighted by Gasteiger charge is -2.13. The number of aromatic nitrogens is 3. The molecular weight excluding hydrogens is 502 g/mol. The van der Waals surface area contributed by atoms with Crippen molar-refractivity contribution in [2.75, 3.05) is 0 Å². The van der Waals surface area contributed by atoms with Crippen LogP contribution in [0.4, 0.5) is 13.2 Å². The molecule has 0 radical (unpaired) electrons. The van der Waals surface area contributed by atoms with Gasteiger partial charge in [0.15, 0.2) is 5.75 Å². The van der Waals surface area contributed by atoms with E-state index in [2.05, 4.69) is 0 Å². The molecule has 0 amide bonds. The Kier molecular flexibility index (Phi) is 6.02. The van der Waals surface area contributed by atoms with Crippen LogP contribution in [0.25, 0.3) is 5.69 Å². The van der Waals surface area contributed by atoms with Crippen LogP contribution in [0.1, 0.15) is 0 Å². The zero-order valence-electron chi connectivity index (χ0n) is 15.6. The smallest absolute Gasteiger partial charge is 0.454 e. The summed E-state index contributed by atoms with van der Waals surface area (Å²) >= 11 is 12.2. The number of alkyl halides is 3. The van der Waals surface area contributed by atoms with E-state index in [0.717, 1.165) is 31.3 Å². The van der Waals surface area contributed by atoms with Gasteiger partial charge in [-0.15, -0.1) is 0 Å². The minimum absolute atomic E-state index is 0.0965. The summed E-state index contributed by atoms with van der Waals surface area (Å²) in [5, 5.41) is -0.390. The topological polar surface area (TPSA) is 120 Å². The fraction of sp³-hybridized carbons (Fsp3) is 0.118. The first-order valence-electron chi connectivity index (χ1n) is 8.25. The molecule has 0 aliphatic carbocycles. The summed E-state index contributed by atoms with van der Waals surface area (Å²) < 4.78 is 67.4. The molecule has 0 aliphatic rings. The van der Waals surface area contributed by atoms with Crippen molar-refractivity contribution in [3.8, 4) is 17.2 Å². The summed E-state index contributed by atoms with van der Waals surface area (Å²) in [5.41, 5.74) is -8.50. The molecule has 0 aliphatic heterocycles.